The lowest BCUT2D eigenvalue weighted by molar-refractivity contribution is -0.125. The zero-order valence-corrected chi connectivity index (χ0v) is 15.2. The number of aromatic nitrogens is 1. The third-order valence-corrected chi connectivity index (χ3v) is 3.97. The SMILES string of the molecule is Cc1cc(C)cc(NC(=O)[C@@H](OC(=O)c2ccncc2)c2ccccc2)c1. The average molecular weight is 360 g/mol. The van der Waals surface area contributed by atoms with E-state index in [4.69, 9.17) is 4.74 Å². The minimum Gasteiger partial charge on any atom is -0.444 e. The maximum atomic E-state index is 12.9. The van der Waals surface area contributed by atoms with Crippen molar-refractivity contribution in [3.8, 4) is 0 Å². The molecule has 1 amide bonds. The molecule has 5 nitrogen and oxygen atoms in total. The fourth-order valence-corrected chi connectivity index (χ4v) is 2.82. The highest BCUT2D eigenvalue weighted by Gasteiger charge is 2.25. The summed E-state index contributed by atoms with van der Waals surface area (Å²) in [6.45, 7) is 3.92. The lowest BCUT2D eigenvalue weighted by Gasteiger charge is -2.18. The summed E-state index contributed by atoms with van der Waals surface area (Å²) >= 11 is 0. The Morgan fingerprint density at radius 3 is 2.19 bits per heavy atom. The van der Waals surface area contributed by atoms with Gasteiger partial charge in [0.25, 0.3) is 5.91 Å². The van der Waals surface area contributed by atoms with Crippen LogP contribution in [-0.2, 0) is 9.53 Å². The number of benzene rings is 2. The van der Waals surface area contributed by atoms with Gasteiger partial charge in [-0.3, -0.25) is 9.78 Å². The van der Waals surface area contributed by atoms with E-state index >= 15 is 0 Å². The van der Waals surface area contributed by atoms with E-state index in [9.17, 15) is 9.59 Å². The number of nitrogens with one attached hydrogen (secondary N) is 1. The highest BCUT2D eigenvalue weighted by atomic mass is 16.5. The van der Waals surface area contributed by atoms with E-state index in [0.717, 1.165) is 11.1 Å². The molecular formula is C22H20N2O3. The largest absolute Gasteiger partial charge is 0.444 e. The second kappa shape index (κ2) is 8.27. The van der Waals surface area contributed by atoms with E-state index in [1.54, 1.807) is 36.4 Å². The molecule has 0 aliphatic rings. The van der Waals surface area contributed by atoms with Gasteiger partial charge in [-0.05, 0) is 49.2 Å². The summed E-state index contributed by atoms with van der Waals surface area (Å²) in [5.41, 5.74) is 3.68. The molecule has 0 unspecified atom stereocenters. The highest BCUT2D eigenvalue weighted by Crippen LogP contribution is 2.22. The maximum absolute atomic E-state index is 12.9. The van der Waals surface area contributed by atoms with E-state index in [0.29, 0.717) is 16.8 Å². The van der Waals surface area contributed by atoms with Crippen molar-refractivity contribution in [1.29, 1.82) is 0 Å². The second-order valence-corrected chi connectivity index (χ2v) is 6.30. The van der Waals surface area contributed by atoms with Crippen LogP contribution in [-0.4, -0.2) is 16.9 Å². The molecule has 0 bridgehead atoms. The Bertz CT molecular complexity index is 920. The quantitative estimate of drug-likeness (QED) is 0.691. The number of nitrogens with zero attached hydrogens (tertiary/aromatic N) is 1. The Labute approximate surface area is 158 Å². The molecule has 0 saturated carbocycles. The van der Waals surface area contributed by atoms with Crippen LogP contribution in [0.15, 0.2) is 73.1 Å². The van der Waals surface area contributed by atoms with E-state index in [-0.39, 0.29) is 0 Å². The third kappa shape index (κ3) is 4.79. The van der Waals surface area contributed by atoms with Gasteiger partial charge in [0.1, 0.15) is 0 Å². The number of aryl methyl sites for hydroxylation is 2. The first-order valence-electron chi connectivity index (χ1n) is 8.58. The number of carbonyl (C=O) groups excluding carboxylic acids is 2. The molecule has 5 heteroatoms. The Balaban J connectivity index is 1.85. The van der Waals surface area contributed by atoms with Gasteiger partial charge in [-0.1, -0.05) is 36.4 Å². The number of hydrogen-bond acceptors (Lipinski definition) is 4. The molecule has 0 aliphatic heterocycles. The Hall–Kier alpha value is -3.47. The highest BCUT2D eigenvalue weighted by molar-refractivity contribution is 5.98. The molecule has 1 aromatic heterocycles. The molecular weight excluding hydrogens is 340 g/mol. The van der Waals surface area contributed by atoms with Crippen molar-refractivity contribution in [2.45, 2.75) is 20.0 Å². The number of esters is 1. The molecule has 136 valence electrons. The van der Waals surface area contributed by atoms with Gasteiger partial charge in [0.05, 0.1) is 5.56 Å². The molecule has 2 aromatic carbocycles. The van der Waals surface area contributed by atoms with Crippen molar-refractivity contribution in [2.75, 3.05) is 5.32 Å². The zero-order chi connectivity index (χ0) is 19.2. The van der Waals surface area contributed by atoms with Crippen molar-refractivity contribution in [3.63, 3.8) is 0 Å². The summed E-state index contributed by atoms with van der Waals surface area (Å²) in [5, 5.41) is 2.85. The topological polar surface area (TPSA) is 68.3 Å². The number of amides is 1. The van der Waals surface area contributed by atoms with Crippen molar-refractivity contribution in [3.05, 3.63) is 95.3 Å². The molecule has 0 fully saturated rings. The van der Waals surface area contributed by atoms with Crippen LogP contribution in [0.3, 0.4) is 0 Å². The average Bonchev–Trinajstić information content (AvgIpc) is 2.66. The standard InChI is InChI=1S/C22H20N2O3/c1-15-12-16(2)14-19(13-15)24-21(25)20(17-6-4-3-5-7-17)27-22(26)18-8-10-23-11-9-18/h3-14,20H,1-2H3,(H,24,25)/t20-/m0/s1. The van der Waals surface area contributed by atoms with Crippen LogP contribution in [0, 0.1) is 13.8 Å². The molecule has 27 heavy (non-hydrogen) atoms. The fraction of sp³-hybridized carbons (Fsp3) is 0.136. The van der Waals surface area contributed by atoms with Gasteiger partial charge < -0.3 is 10.1 Å². The molecule has 0 radical (unpaired) electrons. The van der Waals surface area contributed by atoms with E-state index in [1.807, 2.05) is 38.1 Å². The van der Waals surface area contributed by atoms with Gasteiger partial charge in [-0.15, -0.1) is 0 Å². The number of ether oxygens (including phenoxy) is 1. The first kappa shape index (κ1) is 18.3. The van der Waals surface area contributed by atoms with E-state index in [2.05, 4.69) is 10.3 Å². The van der Waals surface area contributed by atoms with Crippen LogP contribution in [0.25, 0.3) is 0 Å². The van der Waals surface area contributed by atoms with Gasteiger partial charge in [-0.25, -0.2) is 4.79 Å². The zero-order valence-electron chi connectivity index (χ0n) is 15.2. The smallest absolute Gasteiger partial charge is 0.339 e. The summed E-state index contributed by atoms with van der Waals surface area (Å²) in [4.78, 5) is 29.3. The van der Waals surface area contributed by atoms with Crippen LogP contribution < -0.4 is 5.32 Å². The summed E-state index contributed by atoms with van der Waals surface area (Å²) < 4.78 is 5.54. The second-order valence-electron chi connectivity index (χ2n) is 6.30. The Morgan fingerprint density at radius 1 is 0.926 bits per heavy atom. The predicted octanol–water partition coefficient (Wildman–Crippen LogP) is 4.24. The third-order valence-electron chi connectivity index (χ3n) is 3.97. The number of hydrogen-bond donors (Lipinski definition) is 1. The van der Waals surface area contributed by atoms with Crippen LogP contribution in [0.4, 0.5) is 5.69 Å². The molecule has 1 heterocycles. The number of carbonyl (C=O) groups is 2. The van der Waals surface area contributed by atoms with Gasteiger partial charge in [0, 0.05) is 23.6 Å². The van der Waals surface area contributed by atoms with Gasteiger partial charge >= 0.3 is 5.97 Å². The molecule has 0 aliphatic carbocycles. The molecule has 0 spiro atoms. The Morgan fingerprint density at radius 2 is 1.56 bits per heavy atom. The van der Waals surface area contributed by atoms with Gasteiger partial charge in [0.2, 0.25) is 6.10 Å². The van der Waals surface area contributed by atoms with Crippen LogP contribution in [0.2, 0.25) is 0 Å². The normalized spacial score (nSPS) is 11.5. The maximum Gasteiger partial charge on any atom is 0.339 e. The summed E-state index contributed by atoms with van der Waals surface area (Å²) in [7, 11) is 0. The van der Waals surface area contributed by atoms with Gasteiger partial charge in [0.15, 0.2) is 0 Å². The minimum atomic E-state index is -1.06. The molecule has 1 atom stereocenters. The number of rotatable bonds is 5. The first-order valence-corrected chi connectivity index (χ1v) is 8.58. The lowest BCUT2D eigenvalue weighted by atomic mass is 10.1. The fourth-order valence-electron chi connectivity index (χ4n) is 2.82. The molecule has 1 N–H and O–H groups in total. The van der Waals surface area contributed by atoms with E-state index < -0.39 is 18.0 Å². The monoisotopic (exact) mass is 360 g/mol. The van der Waals surface area contributed by atoms with Crippen LogP contribution >= 0.6 is 0 Å². The predicted molar refractivity (Wildman–Crippen MR) is 103 cm³/mol. The van der Waals surface area contributed by atoms with Crippen LogP contribution in [0.5, 0.6) is 0 Å². The van der Waals surface area contributed by atoms with E-state index in [1.165, 1.54) is 12.4 Å². The molecule has 0 saturated heterocycles. The minimum absolute atomic E-state index is 0.338. The van der Waals surface area contributed by atoms with Crippen LogP contribution in [0.1, 0.15) is 33.2 Å². The van der Waals surface area contributed by atoms with Gasteiger partial charge in [-0.2, -0.15) is 0 Å². The summed E-state index contributed by atoms with van der Waals surface area (Å²) in [6, 6.07) is 17.8. The number of pyridine rings is 1. The van der Waals surface area contributed by atoms with Crippen molar-refractivity contribution in [1.82, 2.24) is 4.98 Å². The molecule has 3 aromatic rings. The number of anilines is 1. The Kier molecular flexibility index (Phi) is 5.61. The first-order chi connectivity index (χ1) is 13.0. The van der Waals surface area contributed by atoms with Crippen molar-refractivity contribution in [2.24, 2.45) is 0 Å². The lowest BCUT2D eigenvalue weighted by Crippen LogP contribution is -2.26. The summed E-state index contributed by atoms with van der Waals surface area (Å²) in [6.07, 6.45) is 1.95. The molecule has 3 rings (SSSR count). The van der Waals surface area contributed by atoms with Crippen molar-refractivity contribution >= 4 is 17.6 Å². The summed E-state index contributed by atoms with van der Waals surface area (Å²) in [5.74, 6) is -0.990. The van der Waals surface area contributed by atoms with Crippen molar-refractivity contribution < 1.29 is 14.3 Å².